The van der Waals surface area contributed by atoms with Crippen LogP contribution in [0.4, 0.5) is 0 Å². The van der Waals surface area contributed by atoms with Crippen LogP contribution in [0.25, 0.3) is 0 Å². The van der Waals surface area contributed by atoms with E-state index in [4.69, 9.17) is 23.7 Å². The van der Waals surface area contributed by atoms with Crippen LogP contribution in [0.5, 0.6) is 5.75 Å². The Morgan fingerprint density at radius 1 is 1.17 bits per heavy atom. The van der Waals surface area contributed by atoms with Gasteiger partial charge in [-0.15, -0.1) is 0 Å². The molecule has 1 aromatic rings. The van der Waals surface area contributed by atoms with Gasteiger partial charge in [-0.1, -0.05) is 30.4 Å². The predicted octanol–water partition coefficient (Wildman–Crippen LogP) is 2.70. The zero-order valence-electron chi connectivity index (χ0n) is 16.9. The Bertz CT molecular complexity index is 788. The first-order valence-corrected chi connectivity index (χ1v) is 10.9. The number of fused-ring (bicyclic) bond motifs is 2. The molecule has 2 unspecified atom stereocenters. The van der Waals surface area contributed by atoms with Crippen molar-refractivity contribution >= 4 is 5.97 Å². The second-order valence-electron chi connectivity index (χ2n) is 8.46. The average molecular weight is 416 g/mol. The van der Waals surface area contributed by atoms with Gasteiger partial charge in [-0.05, 0) is 25.3 Å². The normalized spacial score (nSPS) is 36.8. The molecule has 3 fully saturated rings. The molecule has 4 aliphatic rings. The zero-order valence-corrected chi connectivity index (χ0v) is 16.9. The van der Waals surface area contributed by atoms with Crippen molar-refractivity contribution < 1.29 is 33.6 Å². The fraction of sp³-hybridized carbons (Fsp3) is 0.609. The molecule has 1 aliphatic carbocycles. The highest BCUT2D eigenvalue weighted by atomic mass is 16.7. The van der Waals surface area contributed by atoms with E-state index in [-0.39, 0.29) is 30.2 Å². The van der Waals surface area contributed by atoms with Crippen LogP contribution in [-0.4, -0.2) is 48.6 Å². The van der Waals surface area contributed by atoms with E-state index >= 15 is 0 Å². The molecular formula is C23H28O7. The molecule has 1 saturated carbocycles. The smallest absolute Gasteiger partial charge is 0.306 e. The molecule has 2 saturated heterocycles. The largest absolute Gasteiger partial charge is 0.462 e. The molecule has 30 heavy (non-hydrogen) atoms. The maximum Gasteiger partial charge on any atom is 0.306 e. The van der Waals surface area contributed by atoms with Crippen LogP contribution in [0.1, 0.15) is 37.7 Å². The number of hydrogen-bond donors (Lipinski definition) is 1. The number of aliphatic hydroxyl groups is 1. The Hall–Kier alpha value is -1.93. The van der Waals surface area contributed by atoms with Gasteiger partial charge in [-0.2, -0.15) is 0 Å². The lowest BCUT2D eigenvalue weighted by Gasteiger charge is -2.34. The summed E-state index contributed by atoms with van der Waals surface area (Å²) in [4.78, 5) is 11.7. The molecular weight excluding hydrogens is 388 g/mol. The number of ether oxygens (including phenoxy) is 5. The second kappa shape index (κ2) is 8.67. The number of esters is 1. The quantitative estimate of drug-likeness (QED) is 0.584. The molecule has 0 bridgehead atoms. The molecule has 5 rings (SSSR count). The van der Waals surface area contributed by atoms with E-state index in [2.05, 4.69) is 0 Å². The number of carbonyl (C=O) groups is 1. The van der Waals surface area contributed by atoms with Crippen molar-refractivity contribution in [3.63, 3.8) is 0 Å². The average Bonchev–Trinajstić information content (AvgIpc) is 3.26. The second-order valence-corrected chi connectivity index (χ2v) is 8.46. The van der Waals surface area contributed by atoms with Gasteiger partial charge >= 0.3 is 5.97 Å². The van der Waals surface area contributed by atoms with Crippen molar-refractivity contribution in [2.45, 2.75) is 69.6 Å². The molecule has 3 aliphatic heterocycles. The molecule has 0 amide bonds. The van der Waals surface area contributed by atoms with Gasteiger partial charge in [0.2, 0.25) is 6.29 Å². The van der Waals surface area contributed by atoms with Gasteiger partial charge in [0.15, 0.2) is 6.29 Å². The van der Waals surface area contributed by atoms with Crippen LogP contribution in [0.2, 0.25) is 0 Å². The Kier molecular flexibility index (Phi) is 5.78. The van der Waals surface area contributed by atoms with Gasteiger partial charge in [0.05, 0.1) is 19.1 Å². The van der Waals surface area contributed by atoms with E-state index in [0.717, 1.165) is 30.6 Å². The summed E-state index contributed by atoms with van der Waals surface area (Å²) < 4.78 is 29.4. The number of para-hydroxylation sites is 1. The summed E-state index contributed by atoms with van der Waals surface area (Å²) in [6.07, 6.45) is 5.43. The minimum atomic E-state index is -0.613. The van der Waals surface area contributed by atoms with Crippen LogP contribution >= 0.6 is 0 Å². The van der Waals surface area contributed by atoms with Crippen LogP contribution in [-0.2, 0) is 30.3 Å². The van der Waals surface area contributed by atoms with Gasteiger partial charge < -0.3 is 28.8 Å². The monoisotopic (exact) mass is 416 g/mol. The Morgan fingerprint density at radius 3 is 2.93 bits per heavy atom. The minimum absolute atomic E-state index is 0.00393. The number of rotatable bonds is 5. The number of carbonyl (C=O) groups excluding carboxylic acids is 1. The third-order valence-electron chi connectivity index (χ3n) is 6.43. The van der Waals surface area contributed by atoms with E-state index in [1.54, 1.807) is 0 Å². The Labute approximate surface area is 175 Å². The SMILES string of the molecule is O=C1C[C@@H]2[C@@H](/C=C/[C@@H](OC3CCCCO3)C3OCc4ccccc4O3)[C@H](O)C[C@@H]2O1. The fourth-order valence-corrected chi connectivity index (χ4v) is 4.85. The summed E-state index contributed by atoms with van der Waals surface area (Å²) >= 11 is 0. The molecule has 0 spiro atoms. The van der Waals surface area contributed by atoms with Gasteiger partial charge in [0, 0.05) is 30.4 Å². The highest BCUT2D eigenvalue weighted by Crippen LogP contribution is 2.42. The summed E-state index contributed by atoms with van der Waals surface area (Å²) in [5.41, 5.74) is 1.00. The van der Waals surface area contributed by atoms with Gasteiger partial charge in [-0.25, -0.2) is 0 Å². The van der Waals surface area contributed by atoms with Crippen molar-refractivity contribution in [1.82, 2.24) is 0 Å². The van der Waals surface area contributed by atoms with E-state index in [0.29, 0.717) is 26.1 Å². The molecule has 0 aromatic heterocycles. The lowest BCUT2D eigenvalue weighted by Crippen LogP contribution is -2.41. The van der Waals surface area contributed by atoms with E-state index in [9.17, 15) is 9.90 Å². The summed E-state index contributed by atoms with van der Waals surface area (Å²) in [6.45, 7) is 1.13. The van der Waals surface area contributed by atoms with Crippen molar-refractivity contribution in [2.24, 2.45) is 11.8 Å². The lowest BCUT2D eigenvalue weighted by molar-refractivity contribution is -0.236. The first-order chi connectivity index (χ1) is 14.7. The molecule has 1 N–H and O–H groups in total. The number of benzene rings is 1. The predicted molar refractivity (Wildman–Crippen MR) is 105 cm³/mol. The molecule has 7 nitrogen and oxygen atoms in total. The molecule has 7 heteroatoms. The molecule has 162 valence electrons. The lowest BCUT2D eigenvalue weighted by atomic mass is 9.91. The van der Waals surface area contributed by atoms with Crippen molar-refractivity contribution in [1.29, 1.82) is 0 Å². The molecule has 7 atom stereocenters. The maximum absolute atomic E-state index is 11.7. The van der Waals surface area contributed by atoms with Crippen molar-refractivity contribution in [3.05, 3.63) is 42.0 Å². The fourth-order valence-electron chi connectivity index (χ4n) is 4.85. The minimum Gasteiger partial charge on any atom is -0.462 e. The summed E-state index contributed by atoms with van der Waals surface area (Å²) in [5, 5.41) is 10.5. The van der Waals surface area contributed by atoms with Crippen LogP contribution in [0, 0.1) is 11.8 Å². The summed E-state index contributed by atoms with van der Waals surface area (Å²) in [6, 6.07) is 7.80. The van der Waals surface area contributed by atoms with E-state index < -0.39 is 18.5 Å². The van der Waals surface area contributed by atoms with Gasteiger partial charge in [0.25, 0.3) is 0 Å². The van der Waals surface area contributed by atoms with Crippen LogP contribution in [0.15, 0.2) is 36.4 Å². The van der Waals surface area contributed by atoms with Crippen molar-refractivity contribution in [2.75, 3.05) is 6.61 Å². The summed E-state index contributed by atoms with van der Waals surface area (Å²) in [7, 11) is 0. The third-order valence-corrected chi connectivity index (χ3v) is 6.43. The summed E-state index contributed by atoms with van der Waals surface area (Å²) in [5.74, 6) is 0.449. The standard InChI is InChI=1S/C23H28O7/c24-17-12-20-16(11-21(25)28-20)15(17)8-9-19(29-22-7-3-4-10-26-22)23-27-13-14-5-1-2-6-18(14)30-23/h1-2,5-6,8-9,15-17,19-20,22-24H,3-4,7,10-13H2/b9-8+/t15-,16-,17-,19-,20+,22?,23?/m1/s1. The van der Waals surface area contributed by atoms with Gasteiger partial charge in [-0.3, -0.25) is 4.79 Å². The number of hydrogen-bond acceptors (Lipinski definition) is 7. The first-order valence-electron chi connectivity index (χ1n) is 10.9. The van der Waals surface area contributed by atoms with E-state index in [1.807, 2.05) is 36.4 Å². The van der Waals surface area contributed by atoms with Crippen LogP contribution < -0.4 is 4.74 Å². The molecule has 3 heterocycles. The Morgan fingerprint density at radius 2 is 2.07 bits per heavy atom. The Balaban J connectivity index is 1.33. The molecule has 1 aromatic carbocycles. The van der Waals surface area contributed by atoms with Crippen LogP contribution in [0.3, 0.4) is 0 Å². The van der Waals surface area contributed by atoms with Crippen molar-refractivity contribution in [3.8, 4) is 5.75 Å². The molecule has 0 radical (unpaired) electrons. The topological polar surface area (TPSA) is 83.5 Å². The van der Waals surface area contributed by atoms with E-state index in [1.165, 1.54) is 0 Å². The highest BCUT2D eigenvalue weighted by Gasteiger charge is 2.48. The third kappa shape index (κ3) is 4.12. The zero-order chi connectivity index (χ0) is 20.5. The number of aliphatic hydroxyl groups excluding tert-OH is 1. The first kappa shape index (κ1) is 20.0. The highest BCUT2D eigenvalue weighted by molar-refractivity contribution is 5.72. The maximum atomic E-state index is 11.7. The van der Waals surface area contributed by atoms with Gasteiger partial charge in [0.1, 0.15) is 18.0 Å².